The number of hydrogen-bond acceptors (Lipinski definition) is 4. The molecule has 1 fully saturated rings. The fourth-order valence-corrected chi connectivity index (χ4v) is 1.68. The van der Waals surface area contributed by atoms with Gasteiger partial charge in [-0.05, 0) is 12.5 Å². The van der Waals surface area contributed by atoms with Crippen molar-refractivity contribution in [3.8, 4) is 0 Å². The highest BCUT2D eigenvalue weighted by atomic mass is 16.5. The Kier molecular flexibility index (Phi) is 6.72. The summed E-state index contributed by atoms with van der Waals surface area (Å²) in [6, 6.07) is 9.96. The number of ketones is 1. The molecular formula is C14H19NO3. The second-order valence-electron chi connectivity index (χ2n) is 4.24. The third-order valence-corrected chi connectivity index (χ3v) is 2.59. The van der Waals surface area contributed by atoms with Gasteiger partial charge in [-0.25, -0.2) is 0 Å². The van der Waals surface area contributed by atoms with Crippen molar-refractivity contribution < 1.29 is 14.3 Å². The molecule has 0 spiro atoms. The molecule has 1 saturated heterocycles. The van der Waals surface area contributed by atoms with Crippen LogP contribution in [0.5, 0.6) is 0 Å². The Labute approximate surface area is 107 Å². The van der Waals surface area contributed by atoms with E-state index in [4.69, 9.17) is 0 Å². The van der Waals surface area contributed by atoms with Gasteiger partial charge in [-0.3, -0.25) is 9.59 Å². The van der Waals surface area contributed by atoms with Crippen LogP contribution in [0.15, 0.2) is 30.3 Å². The highest BCUT2D eigenvalue weighted by molar-refractivity contribution is 5.79. The van der Waals surface area contributed by atoms with Gasteiger partial charge in [0.05, 0.1) is 0 Å². The van der Waals surface area contributed by atoms with E-state index >= 15 is 0 Å². The Bertz CT molecular complexity index is 365. The molecular weight excluding hydrogens is 230 g/mol. The van der Waals surface area contributed by atoms with E-state index in [9.17, 15) is 9.59 Å². The van der Waals surface area contributed by atoms with Crippen molar-refractivity contribution >= 4 is 12.3 Å². The van der Waals surface area contributed by atoms with Gasteiger partial charge in [0.15, 0.2) is 0 Å². The summed E-state index contributed by atoms with van der Waals surface area (Å²) in [4.78, 5) is 20.4. The lowest BCUT2D eigenvalue weighted by Crippen LogP contribution is -2.35. The predicted octanol–water partition coefficient (Wildman–Crippen LogP) is 1.69. The van der Waals surface area contributed by atoms with E-state index in [1.54, 1.807) is 0 Å². The van der Waals surface area contributed by atoms with Crippen LogP contribution in [0, 0.1) is 0 Å². The minimum absolute atomic E-state index is 0.365. The number of carbonyl (C=O) groups excluding carboxylic acids is 2. The van der Waals surface area contributed by atoms with Gasteiger partial charge in [0.2, 0.25) is 0 Å². The third kappa shape index (κ3) is 6.15. The lowest BCUT2D eigenvalue weighted by atomic mass is 10.1. The average molecular weight is 249 g/mol. The van der Waals surface area contributed by atoms with Crippen molar-refractivity contribution in [3.05, 3.63) is 35.9 Å². The van der Waals surface area contributed by atoms with Crippen molar-refractivity contribution in [1.82, 2.24) is 5.32 Å². The van der Waals surface area contributed by atoms with Crippen LogP contribution in [-0.2, 0) is 20.9 Å². The van der Waals surface area contributed by atoms with E-state index in [1.807, 2.05) is 37.3 Å². The predicted molar refractivity (Wildman–Crippen MR) is 69.0 cm³/mol. The lowest BCUT2D eigenvalue weighted by molar-refractivity contribution is -0.129. The van der Waals surface area contributed by atoms with E-state index in [2.05, 4.69) is 10.1 Å². The normalized spacial score (nSPS) is 18.5. The number of rotatable bonds is 3. The van der Waals surface area contributed by atoms with E-state index in [0.717, 1.165) is 24.9 Å². The van der Waals surface area contributed by atoms with E-state index in [-0.39, 0.29) is 0 Å². The smallest absolute Gasteiger partial charge is 0.293 e. The molecule has 1 aromatic carbocycles. The molecule has 1 aromatic rings. The molecule has 0 unspecified atom stereocenters. The van der Waals surface area contributed by atoms with Crippen molar-refractivity contribution in [3.63, 3.8) is 0 Å². The summed E-state index contributed by atoms with van der Waals surface area (Å²) >= 11 is 0. The number of carbonyl (C=O) groups is 2. The van der Waals surface area contributed by atoms with Crippen LogP contribution >= 0.6 is 0 Å². The Morgan fingerprint density at radius 3 is 2.61 bits per heavy atom. The van der Waals surface area contributed by atoms with Gasteiger partial charge in [-0.1, -0.05) is 30.3 Å². The summed E-state index contributed by atoms with van der Waals surface area (Å²) in [6.45, 7) is 3.73. The van der Waals surface area contributed by atoms with Gasteiger partial charge >= 0.3 is 0 Å². The highest BCUT2D eigenvalue weighted by Gasteiger charge is 2.13. The van der Waals surface area contributed by atoms with Crippen molar-refractivity contribution in [2.24, 2.45) is 0 Å². The highest BCUT2D eigenvalue weighted by Crippen LogP contribution is 2.00. The Morgan fingerprint density at radius 1 is 1.39 bits per heavy atom. The Hall–Kier alpha value is -1.68. The summed E-state index contributed by atoms with van der Waals surface area (Å²) < 4.78 is 4.54. The van der Waals surface area contributed by atoms with Crippen LogP contribution in [0.1, 0.15) is 25.3 Å². The SMILES string of the molecule is C[C@H]1CC(=O)CCN1.O=COCc1ccccc1. The third-order valence-electron chi connectivity index (χ3n) is 2.59. The molecule has 0 bridgehead atoms. The van der Waals surface area contributed by atoms with Crippen molar-refractivity contribution in [2.45, 2.75) is 32.4 Å². The minimum Gasteiger partial charge on any atom is -0.463 e. The molecule has 0 aliphatic carbocycles. The van der Waals surface area contributed by atoms with Crippen LogP contribution in [0.4, 0.5) is 0 Å². The van der Waals surface area contributed by atoms with Crippen LogP contribution in [0.2, 0.25) is 0 Å². The van der Waals surface area contributed by atoms with E-state index < -0.39 is 0 Å². The molecule has 2 rings (SSSR count). The summed E-state index contributed by atoms with van der Waals surface area (Å²) in [6.07, 6.45) is 1.45. The Morgan fingerprint density at radius 2 is 2.11 bits per heavy atom. The summed E-state index contributed by atoms with van der Waals surface area (Å²) in [7, 11) is 0. The summed E-state index contributed by atoms with van der Waals surface area (Å²) in [5.41, 5.74) is 1.01. The van der Waals surface area contributed by atoms with Crippen LogP contribution in [-0.4, -0.2) is 24.8 Å². The quantitative estimate of drug-likeness (QED) is 0.828. The van der Waals surface area contributed by atoms with Crippen LogP contribution in [0.25, 0.3) is 0 Å². The number of piperidine rings is 1. The topological polar surface area (TPSA) is 55.4 Å². The summed E-state index contributed by atoms with van der Waals surface area (Å²) in [5.74, 6) is 0.399. The molecule has 1 heterocycles. The van der Waals surface area contributed by atoms with Crippen LogP contribution < -0.4 is 5.32 Å². The number of hydrogen-bond donors (Lipinski definition) is 1. The zero-order chi connectivity index (χ0) is 13.2. The van der Waals surface area contributed by atoms with E-state index in [1.165, 1.54) is 0 Å². The van der Waals surface area contributed by atoms with E-state index in [0.29, 0.717) is 24.9 Å². The van der Waals surface area contributed by atoms with Crippen LogP contribution in [0.3, 0.4) is 0 Å². The molecule has 1 aliphatic rings. The number of Topliss-reactive ketones (excluding diaryl/α,β-unsaturated/α-hetero) is 1. The molecule has 0 saturated carbocycles. The molecule has 1 atom stereocenters. The monoisotopic (exact) mass is 249 g/mol. The average Bonchev–Trinajstić information content (AvgIpc) is 2.38. The maximum Gasteiger partial charge on any atom is 0.293 e. The largest absolute Gasteiger partial charge is 0.463 e. The summed E-state index contributed by atoms with van der Waals surface area (Å²) in [5, 5.41) is 3.19. The fraction of sp³-hybridized carbons (Fsp3) is 0.429. The molecule has 98 valence electrons. The Balaban J connectivity index is 0.000000184. The first-order valence-electron chi connectivity index (χ1n) is 6.06. The molecule has 1 aliphatic heterocycles. The number of benzene rings is 1. The molecule has 1 N–H and O–H groups in total. The van der Waals surface area contributed by atoms with Gasteiger partial charge in [0, 0.05) is 25.4 Å². The first-order chi connectivity index (χ1) is 8.72. The van der Waals surface area contributed by atoms with Gasteiger partial charge in [0.1, 0.15) is 12.4 Å². The van der Waals surface area contributed by atoms with Crippen molar-refractivity contribution in [2.75, 3.05) is 6.54 Å². The number of ether oxygens (including phenoxy) is 1. The second-order valence-corrected chi connectivity index (χ2v) is 4.24. The molecule has 4 heteroatoms. The van der Waals surface area contributed by atoms with Crippen molar-refractivity contribution in [1.29, 1.82) is 0 Å². The number of nitrogens with one attached hydrogen (secondary N) is 1. The van der Waals surface area contributed by atoms with Gasteiger partial charge in [0.25, 0.3) is 6.47 Å². The molecule has 18 heavy (non-hydrogen) atoms. The first-order valence-corrected chi connectivity index (χ1v) is 6.06. The van der Waals surface area contributed by atoms with Gasteiger partial charge < -0.3 is 10.1 Å². The second kappa shape index (κ2) is 8.42. The lowest BCUT2D eigenvalue weighted by Gasteiger charge is -2.17. The molecule has 0 amide bonds. The fourth-order valence-electron chi connectivity index (χ4n) is 1.68. The minimum atomic E-state index is 0.365. The van der Waals surface area contributed by atoms with Gasteiger partial charge in [-0.2, -0.15) is 0 Å². The molecule has 4 nitrogen and oxygen atoms in total. The molecule has 0 aromatic heterocycles. The molecule has 0 radical (unpaired) electrons. The first kappa shape index (κ1) is 14.4. The maximum absolute atomic E-state index is 10.6. The zero-order valence-corrected chi connectivity index (χ0v) is 10.6. The zero-order valence-electron chi connectivity index (χ0n) is 10.6. The van der Waals surface area contributed by atoms with Gasteiger partial charge in [-0.15, -0.1) is 0 Å². The maximum atomic E-state index is 10.6. The standard InChI is InChI=1S/C8H8O2.C6H11NO/c9-7-10-6-8-4-2-1-3-5-8;1-5-4-6(8)2-3-7-5/h1-5,7H,6H2;5,7H,2-4H2,1H3/t;5-/m.0/s1.